The van der Waals surface area contributed by atoms with E-state index >= 15 is 0 Å². The van der Waals surface area contributed by atoms with Crippen LogP contribution in [0.3, 0.4) is 0 Å². The Balaban J connectivity index is 1.70. The summed E-state index contributed by atoms with van der Waals surface area (Å²) in [6.45, 7) is 0.693. The van der Waals surface area contributed by atoms with E-state index in [0.717, 1.165) is 38.6 Å². The van der Waals surface area contributed by atoms with Gasteiger partial charge in [-0.25, -0.2) is 8.78 Å². The maximum absolute atomic E-state index is 15.0. The van der Waals surface area contributed by atoms with Gasteiger partial charge in [0.2, 0.25) is 0 Å². The van der Waals surface area contributed by atoms with Gasteiger partial charge in [-0.1, -0.05) is 46.7 Å². The first-order valence-electron chi connectivity index (χ1n) is 9.41. The summed E-state index contributed by atoms with van der Waals surface area (Å²) in [4.78, 5) is 3.61. The Labute approximate surface area is 191 Å². The zero-order valence-corrected chi connectivity index (χ0v) is 18.7. The summed E-state index contributed by atoms with van der Waals surface area (Å²) in [6, 6.07) is 16.2. The number of hydrogen-bond donors (Lipinski definition) is 0. The van der Waals surface area contributed by atoms with Gasteiger partial charge in [-0.3, -0.25) is 0 Å². The van der Waals surface area contributed by atoms with E-state index in [-0.39, 0.29) is 0 Å². The highest BCUT2D eigenvalue weighted by atomic mass is 35.5. The second-order valence-corrected chi connectivity index (χ2v) is 10.1. The highest BCUT2D eigenvalue weighted by Crippen LogP contribution is 2.47. The molecule has 0 atom stereocenters. The first-order valence-corrected chi connectivity index (χ1v) is 11.8. The number of aryl methyl sites for hydroxylation is 1. The van der Waals surface area contributed by atoms with Crippen LogP contribution in [0.5, 0.6) is 0 Å². The van der Waals surface area contributed by atoms with Crippen molar-refractivity contribution in [3.63, 3.8) is 0 Å². The number of nitrogens with zero attached hydrogens (tertiary/aromatic N) is 1. The fourth-order valence-corrected chi connectivity index (χ4v) is 6.26. The molecular weight excluding hydrogens is 463 g/mol. The number of halogens is 4. The first-order chi connectivity index (χ1) is 14.5. The van der Waals surface area contributed by atoms with Crippen molar-refractivity contribution in [3.8, 4) is 0 Å². The zero-order valence-electron chi connectivity index (χ0n) is 15.6. The molecule has 3 aromatic carbocycles. The van der Waals surface area contributed by atoms with Crippen molar-refractivity contribution in [2.75, 3.05) is 0 Å². The van der Waals surface area contributed by atoms with Crippen LogP contribution in [-0.4, -0.2) is 4.57 Å². The van der Waals surface area contributed by atoms with Crippen molar-refractivity contribution in [3.05, 3.63) is 82.0 Å². The summed E-state index contributed by atoms with van der Waals surface area (Å²) in [7, 11) is 0. The lowest BCUT2D eigenvalue weighted by Gasteiger charge is -2.10. The van der Waals surface area contributed by atoms with Gasteiger partial charge in [0.05, 0.1) is 5.52 Å². The van der Waals surface area contributed by atoms with Crippen LogP contribution in [0.15, 0.2) is 74.2 Å². The molecule has 0 spiro atoms. The lowest BCUT2D eigenvalue weighted by Crippen LogP contribution is -1.96. The van der Waals surface area contributed by atoms with E-state index in [2.05, 4.69) is 0 Å². The molecule has 0 radical (unpaired) electrons. The van der Waals surface area contributed by atoms with Crippen LogP contribution in [0.2, 0.25) is 10.0 Å². The quantitative estimate of drug-likeness (QED) is 0.290. The fourth-order valence-electron chi connectivity index (χ4n) is 3.81. The summed E-state index contributed by atoms with van der Waals surface area (Å²) >= 11 is 15.0. The average Bonchev–Trinajstić information content (AvgIpc) is 3.31. The molecule has 30 heavy (non-hydrogen) atoms. The van der Waals surface area contributed by atoms with Crippen LogP contribution < -0.4 is 0 Å². The smallest absolute Gasteiger partial charge is 0.183 e. The standard InChI is InChI=1S/C23H15Cl2F2NS2/c24-13-3-7-15(8-4-13)29-19-12-17(26)21(27)22-20(19)23(18-2-1-11-28(18)22)30-16-9-5-14(25)6-10-16/h3-10,12H,1-2,11H2. The van der Waals surface area contributed by atoms with Gasteiger partial charge >= 0.3 is 0 Å². The van der Waals surface area contributed by atoms with Crippen LogP contribution in [-0.2, 0) is 13.0 Å². The van der Waals surface area contributed by atoms with Crippen molar-refractivity contribution < 1.29 is 8.78 Å². The van der Waals surface area contributed by atoms with Gasteiger partial charge in [0.15, 0.2) is 11.6 Å². The topological polar surface area (TPSA) is 4.93 Å². The Morgan fingerprint density at radius 2 is 1.43 bits per heavy atom. The second-order valence-electron chi connectivity index (χ2n) is 7.04. The van der Waals surface area contributed by atoms with E-state index in [1.165, 1.54) is 17.8 Å². The molecule has 0 fully saturated rings. The number of aromatic nitrogens is 1. The molecule has 0 aliphatic carbocycles. The number of benzene rings is 3. The minimum Gasteiger partial charge on any atom is -0.341 e. The molecule has 2 heterocycles. The van der Waals surface area contributed by atoms with Crippen LogP contribution in [0.4, 0.5) is 8.78 Å². The van der Waals surface area contributed by atoms with Crippen LogP contribution in [0.1, 0.15) is 12.1 Å². The Bertz CT molecular complexity index is 1250. The molecule has 1 aliphatic rings. The second kappa shape index (κ2) is 8.12. The Morgan fingerprint density at radius 3 is 2.07 bits per heavy atom. The van der Waals surface area contributed by atoms with Gasteiger partial charge in [0, 0.05) is 47.3 Å². The molecule has 0 saturated carbocycles. The lowest BCUT2D eigenvalue weighted by molar-refractivity contribution is 0.509. The van der Waals surface area contributed by atoms with E-state index in [0.29, 0.717) is 27.0 Å². The number of rotatable bonds is 4. The average molecular weight is 478 g/mol. The summed E-state index contributed by atoms with van der Waals surface area (Å²) in [5.41, 5.74) is 1.42. The van der Waals surface area contributed by atoms with Crippen molar-refractivity contribution in [2.45, 2.75) is 39.0 Å². The van der Waals surface area contributed by atoms with Crippen LogP contribution >= 0.6 is 46.7 Å². The highest BCUT2D eigenvalue weighted by molar-refractivity contribution is 8.00. The number of fused-ring (bicyclic) bond motifs is 3. The van der Waals surface area contributed by atoms with Crippen molar-refractivity contribution in [2.24, 2.45) is 0 Å². The third-order valence-electron chi connectivity index (χ3n) is 5.11. The predicted octanol–water partition coefficient (Wildman–Crippen LogP) is 8.47. The van der Waals surface area contributed by atoms with Gasteiger partial charge in [-0.15, -0.1) is 0 Å². The van der Waals surface area contributed by atoms with Gasteiger partial charge < -0.3 is 4.57 Å². The maximum Gasteiger partial charge on any atom is 0.183 e. The van der Waals surface area contributed by atoms with Crippen LogP contribution in [0.25, 0.3) is 10.9 Å². The molecular formula is C23H15Cl2F2NS2. The van der Waals surface area contributed by atoms with Gasteiger partial charge in [-0.2, -0.15) is 0 Å². The van der Waals surface area contributed by atoms with Gasteiger partial charge in [0.1, 0.15) is 0 Å². The van der Waals surface area contributed by atoms with E-state index < -0.39 is 11.6 Å². The molecule has 0 N–H and O–H groups in total. The normalized spacial score (nSPS) is 13.2. The van der Waals surface area contributed by atoms with Gasteiger partial charge in [-0.05, 0) is 67.4 Å². The largest absolute Gasteiger partial charge is 0.341 e. The van der Waals surface area contributed by atoms with Crippen molar-refractivity contribution in [1.82, 2.24) is 4.57 Å². The molecule has 5 rings (SSSR count). The first kappa shape index (κ1) is 20.3. The van der Waals surface area contributed by atoms with E-state index in [4.69, 9.17) is 23.2 Å². The Hall–Kier alpha value is -1.66. The minimum atomic E-state index is -0.825. The molecule has 0 amide bonds. The monoisotopic (exact) mass is 477 g/mol. The number of hydrogen-bond acceptors (Lipinski definition) is 2. The molecule has 0 saturated heterocycles. The minimum absolute atomic E-state index is 0.357. The molecule has 152 valence electrons. The molecule has 1 nitrogen and oxygen atoms in total. The van der Waals surface area contributed by atoms with Crippen molar-refractivity contribution in [1.29, 1.82) is 0 Å². The van der Waals surface area contributed by atoms with E-state index in [9.17, 15) is 8.78 Å². The third-order valence-corrected chi connectivity index (χ3v) is 7.82. The molecule has 4 aromatic rings. The zero-order chi connectivity index (χ0) is 20.8. The van der Waals surface area contributed by atoms with Crippen molar-refractivity contribution >= 4 is 57.6 Å². The van der Waals surface area contributed by atoms with E-state index in [1.54, 1.807) is 23.9 Å². The summed E-state index contributed by atoms with van der Waals surface area (Å²) < 4.78 is 31.5. The SMILES string of the molecule is Fc1cc(Sc2ccc(Cl)cc2)c2c(Sc3ccc(Cl)cc3)c3n(c2c1F)CCC3. The lowest BCUT2D eigenvalue weighted by atomic mass is 10.2. The summed E-state index contributed by atoms with van der Waals surface area (Å²) in [5.74, 6) is -1.61. The Kier molecular flexibility index (Phi) is 5.48. The fraction of sp³-hybridized carbons (Fsp3) is 0.130. The molecule has 0 bridgehead atoms. The highest BCUT2D eigenvalue weighted by Gasteiger charge is 2.28. The summed E-state index contributed by atoms with van der Waals surface area (Å²) in [5, 5.41) is 2.07. The summed E-state index contributed by atoms with van der Waals surface area (Å²) in [6.07, 6.45) is 1.77. The molecule has 0 unspecified atom stereocenters. The molecule has 7 heteroatoms. The maximum atomic E-state index is 15.0. The molecule has 1 aromatic heterocycles. The third kappa shape index (κ3) is 3.62. The van der Waals surface area contributed by atoms with Gasteiger partial charge in [0.25, 0.3) is 0 Å². The van der Waals surface area contributed by atoms with E-state index in [1.807, 2.05) is 41.0 Å². The molecule has 1 aliphatic heterocycles. The Morgan fingerprint density at radius 1 is 0.833 bits per heavy atom. The van der Waals surface area contributed by atoms with Crippen LogP contribution in [0, 0.1) is 11.6 Å². The predicted molar refractivity (Wildman–Crippen MR) is 121 cm³/mol.